The Morgan fingerprint density at radius 2 is 1.90 bits per heavy atom. The van der Waals surface area contributed by atoms with Crippen molar-refractivity contribution in [3.05, 3.63) is 34.9 Å². The number of rotatable bonds is 8. The number of carbonyl (C=O) groups excluding carboxylic acids is 1. The van der Waals surface area contributed by atoms with Crippen molar-refractivity contribution >= 4 is 29.3 Å². The Balaban J connectivity index is 2.56. The van der Waals surface area contributed by atoms with Crippen molar-refractivity contribution < 1.29 is 4.79 Å². The van der Waals surface area contributed by atoms with E-state index in [-0.39, 0.29) is 11.9 Å². The third kappa shape index (κ3) is 6.29. The van der Waals surface area contributed by atoms with Gasteiger partial charge in [-0.1, -0.05) is 30.7 Å². The molecule has 1 aromatic carbocycles. The first-order valence-electron chi connectivity index (χ1n) is 7.16. The molecule has 3 N–H and O–H groups in total. The van der Waals surface area contributed by atoms with Gasteiger partial charge >= 0.3 is 0 Å². The predicted octanol–water partition coefficient (Wildman–Crippen LogP) is 3.59. The highest BCUT2D eigenvalue weighted by molar-refractivity contribution is 7.99. The van der Waals surface area contributed by atoms with E-state index in [9.17, 15) is 4.79 Å². The van der Waals surface area contributed by atoms with Crippen LogP contribution in [0.3, 0.4) is 0 Å². The van der Waals surface area contributed by atoms with Gasteiger partial charge in [-0.15, -0.1) is 0 Å². The van der Waals surface area contributed by atoms with Crippen molar-refractivity contribution in [2.45, 2.75) is 56.7 Å². The minimum absolute atomic E-state index is 0.218. The summed E-state index contributed by atoms with van der Waals surface area (Å²) in [5, 5.41) is 4.36. The Morgan fingerprint density at radius 1 is 1.33 bits per heavy atom. The number of hydrogen-bond donors (Lipinski definition) is 2. The van der Waals surface area contributed by atoms with Gasteiger partial charge in [0.25, 0.3) is 0 Å². The SMILES string of the molecule is CC(C)NC(C)(CC(C)SCc1ccc(Cl)cc1)C(N)=O. The van der Waals surface area contributed by atoms with Crippen molar-refractivity contribution in [3.8, 4) is 0 Å². The summed E-state index contributed by atoms with van der Waals surface area (Å²) in [6.07, 6.45) is 0.707. The zero-order chi connectivity index (χ0) is 16.0. The molecule has 5 heteroatoms. The summed E-state index contributed by atoms with van der Waals surface area (Å²) in [4.78, 5) is 11.7. The van der Waals surface area contributed by atoms with E-state index in [1.165, 1.54) is 5.56 Å². The largest absolute Gasteiger partial charge is 0.368 e. The molecule has 1 amide bonds. The van der Waals surface area contributed by atoms with Crippen LogP contribution in [0.1, 0.15) is 39.7 Å². The van der Waals surface area contributed by atoms with Gasteiger partial charge < -0.3 is 11.1 Å². The second-order valence-corrected chi connectivity index (χ2v) is 7.81. The highest BCUT2D eigenvalue weighted by Crippen LogP contribution is 2.26. The number of halogens is 1. The van der Waals surface area contributed by atoms with E-state index < -0.39 is 5.54 Å². The van der Waals surface area contributed by atoms with Crippen LogP contribution < -0.4 is 11.1 Å². The lowest BCUT2D eigenvalue weighted by atomic mass is 9.94. The standard InChI is InChI=1S/C16H25ClN2OS/c1-11(2)19-16(4,15(18)20)9-12(3)21-10-13-5-7-14(17)8-6-13/h5-8,11-12,19H,9-10H2,1-4H3,(H2,18,20). The molecule has 21 heavy (non-hydrogen) atoms. The van der Waals surface area contributed by atoms with Crippen LogP contribution in [0.4, 0.5) is 0 Å². The Bertz CT molecular complexity index is 464. The van der Waals surface area contributed by atoms with Crippen LogP contribution in [0.25, 0.3) is 0 Å². The Hall–Kier alpha value is -0.710. The Labute approximate surface area is 137 Å². The molecule has 3 nitrogen and oxygen atoms in total. The quantitative estimate of drug-likeness (QED) is 0.766. The molecule has 0 saturated carbocycles. The van der Waals surface area contributed by atoms with Gasteiger partial charge in [-0.3, -0.25) is 4.79 Å². The van der Waals surface area contributed by atoms with Gasteiger partial charge in [0.05, 0.1) is 5.54 Å². The van der Waals surface area contributed by atoms with Crippen molar-refractivity contribution in [2.75, 3.05) is 0 Å². The van der Waals surface area contributed by atoms with Gasteiger partial charge in [0.15, 0.2) is 0 Å². The molecule has 0 radical (unpaired) electrons. The molecule has 0 saturated heterocycles. The summed E-state index contributed by atoms with van der Waals surface area (Å²) in [5.41, 5.74) is 6.13. The van der Waals surface area contributed by atoms with Gasteiger partial charge in [0.2, 0.25) is 5.91 Å². The summed E-state index contributed by atoms with van der Waals surface area (Å²) >= 11 is 7.69. The molecule has 2 unspecified atom stereocenters. The van der Waals surface area contributed by atoms with Crippen molar-refractivity contribution in [3.63, 3.8) is 0 Å². The van der Waals surface area contributed by atoms with Crippen molar-refractivity contribution in [2.24, 2.45) is 5.73 Å². The lowest BCUT2D eigenvalue weighted by molar-refractivity contribution is -0.124. The summed E-state index contributed by atoms with van der Waals surface area (Å²) in [5.74, 6) is 0.602. The molecule has 0 aliphatic rings. The molecule has 0 spiro atoms. The van der Waals surface area contributed by atoms with E-state index in [2.05, 4.69) is 12.2 Å². The molecule has 0 aliphatic carbocycles. The van der Waals surface area contributed by atoms with Gasteiger partial charge in [-0.25, -0.2) is 0 Å². The molecule has 1 rings (SSSR count). The monoisotopic (exact) mass is 328 g/mol. The highest BCUT2D eigenvalue weighted by atomic mass is 35.5. The van der Waals surface area contributed by atoms with E-state index in [1.807, 2.05) is 56.8 Å². The maximum Gasteiger partial charge on any atom is 0.237 e. The number of amides is 1. The first-order chi connectivity index (χ1) is 9.73. The minimum atomic E-state index is -0.666. The molecular formula is C16H25ClN2OS. The molecule has 0 bridgehead atoms. The lowest BCUT2D eigenvalue weighted by Crippen LogP contribution is -2.56. The van der Waals surface area contributed by atoms with Crippen LogP contribution in [0.2, 0.25) is 5.02 Å². The number of primary amides is 1. The van der Waals surface area contributed by atoms with Crippen LogP contribution in [0.5, 0.6) is 0 Å². The van der Waals surface area contributed by atoms with E-state index >= 15 is 0 Å². The molecule has 2 atom stereocenters. The van der Waals surface area contributed by atoms with Crippen LogP contribution in [-0.4, -0.2) is 22.7 Å². The summed E-state index contributed by atoms with van der Waals surface area (Å²) in [6.45, 7) is 8.05. The Morgan fingerprint density at radius 3 is 2.38 bits per heavy atom. The fraction of sp³-hybridized carbons (Fsp3) is 0.562. The topological polar surface area (TPSA) is 55.1 Å². The molecule has 1 aromatic rings. The fourth-order valence-electron chi connectivity index (χ4n) is 2.32. The zero-order valence-corrected chi connectivity index (χ0v) is 14.7. The van der Waals surface area contributed by atoms with E-state index in [0.717, 1.165) is 10.8 Å². The second kappa shape index (κ2) is 8.06. The smallest absolute Gasteiger partial charge is 0.237 e. The fourth-order valence-corrected chi connectivity index (χ4v) is 3.57. The number of nitrogens with one attached hydrogen (secondary N) is 1. The third-order valence-corrected chi connectivity index (χ3v) is 4.78. The molecular weight excluding hydrogens is 304 g/mol. The maximum absolute atomic E-state index is 11.7. The van der Waals surface area contributed by atoms with Gasteiger partial charge in [-0.05, 0) is 44.9 Å². The van der Waals surface area contributed by atoms with Gasteiger partial charge in [0, 0.05) is 22.1 Å². The van der Waals surface area contributed by atoms with Crippen molar-refractivity contribution in [1.82, 2.24) is 5.32 Å². The normalized spacial score (nSPS) is 15.7. The van der Waals surface area contributed by atoms with Crippen LogP contribution in [0.15, 0.2) is 24.3 Å². The number of thioether (sulfide) groups is 1. The van der Waals surface area contributed by atoms with Crippen LogP contribution in [0, 0.1) is 0 Å². The predicted molar refractivity (Wildman–Crippen MR) is 92.7 cm³/mol. The molecule has 0 aromatic heterocycles. The third-order valence-electron chi connectivity index (χ3n) is 3.29. The number of hydrogen-bond acceptors (Lipinski definition) is 3. The number of nitrogens with two attached hydrogens (primary N) is 1. The Kier molecular flexibility index (Phi) is 7.04. The average molecular weight is 329 g/mol. The number of carbonyl (C=O) groups is 1. The summed E-state index contributed by atoms with van der Waals surface area (Å²) in [7, 11) is 0. The highest BCUT2D eigenvalue weighted by Gasteiger charge is 2.33. The summed E-state index contributed by atoms with van der Waals surface area (Å²) < 4.78 is 0. The average Bonchev–Trinajstić information content (AvgIpc) is 2.36. The van der Waals surface area contributed by atoms with E-state index in [1.54, 1.807) is 0 Å². The molecule has 118 valence electrons. The van der Waals surface area contributed by atoms with E-state index in [0.29, 0.717) is 11.7 Å². The van der Waals surface area contributed by atoms with Crippen molar-refractivity contribution in [1.29, 1.82) is 0 Å². The zero-order valence-electron chi connectivity index (χ0n) is 13.2. The molecule has 0 aliphatic heterocycles. The van der Waals surface area contributed by atoms with Gasteiger partial charge in [-0.2, -0.15) is 11.8 Å². The second-order valence-electron chi connectivity index (χ2n) is 5.95. The maximum atomic E-state index is 11.7. The van der Waals surface area contributed by atoms with Gasteiger partial charge in [0.1, 0.15) is 0 Å². The first kappa shape index (κ1) is 18.3. The van der Waals surface area contributed by atoms with E-state index in [4.69, 9.17) is 17.3 Å². The minimum Gasteiger partial charge on any atom is -0.368 e. The van der Waals surface area contributed by atoms with Crippen LogP contribution in [-0.2, 0) is 10.5 Å². The first-order valence-corrected chi connectivity index (χ1v) is 8.59. The summed E-state index contributed by atoms with van der Waals surface area (Å²) in [6, 6.07) is 8.07. The molecule has 0 heterocycles. The lowest BCUT2D eigenvalue weighted by Gasteiger charge is -2.32. The number of benzene rings is 1. The molecule has 0 fully saturated rings. The van der Waals surface area contributed by atoms with Crippen LogP contribution >= 0.6 is 23.4 Å².